The van der Waals surface area contributed by atoms with Crippen LogP contribution in [0.4, 0.5) is 0 Å². The van der Waals surface area contributed by atoms with E-state index in [4.69, 9.17) is 10.8 Å². The summed E-state index contributed by atoms with van der Waals surface area (Å²) in [5.41, 5.74) is 7.63. The highest BCUT2D eigenvalue weighted by Crippen LogP contribution is 2.17. The molecule has 3 N–H and O–H groups in total. The molecule has 7 heteroatoms. The number of carbonyl (C=O) groups is 1. The van der Waals surface area contributed by atoms with E-state index < -0.39 is 12.0 Å². The largest absolute Gasteiger partial charge is 0.480 e. The lowest BCUT2D eigenvalue weighted by molar-refractivity contribution is -0.138. The van der Waals surface area contributed by atoms with E-state index in [0.29, 0.717) is 17.7 Å². The van der Waals surface area contributed by atoms with Crippen LogP contribution in [0.1, 0.15) is 23.2 Å². The summed E-state index contributed by atoms with van der Waals surface area (Å²) in [7, 11) is 1.68. The van der Waals surface area contributed by atoms with E-state index in [1.54, 1.807) is 31.3 Å². The molecule has 0 spiro atoms. The third kappa shape index (κ3) is 2.67. The molecule has 1 aromatic carbocycles. The monoisotopic (exact) mass is 329 g/mol. The fourth-order valence-corrected chi connectivity index (χ4v) is 3.17. The second kappa shape index (κ2) is 6.09. The molecule has 0 saturated carbocycles. The van der Waals surface area contributed by atoms with Crippen LogP contribution in [-0.2, 0) is 31.1 Å². The molecule has 0 amide bonds. The molecule has 3 rings (SSSR count). The summed E-state index contributed by atoms with van der Waals surface area (Å²) in [6, 6.07) is 5.70. The summed E-state index contributed by atoms with van der Waals surface area (Å²) < 4.78 is 2.71. The third-order valence-electron chi connectivity index (χ3n) is 4.50. The maximum atomic E-state index is 12.6. The van der Waals surface area contributed by atoms with Crippen LogP contribution in [0.2, 0.25) is 0 Å². The summed E-state index contributed by atoms with van der Waals surface area (Å²) >= 11 is 0. The summed E-state index contributed by atoms with van der Waals surface area (Å²) in [5.74, 6) is -1.07. The number of hydrogen-bond donors (Lipinski definition) is 2. The first-order valence-corrected chi connectivity index (χ1v) is 7.81. The molecule has 24 heavy (non-hydrogen) atoms. The van der Waals surface area contributed by atoms with Gasteiger partial charge in [-0.1, -0.05) is 12.1 Å². The van der Waals surface area contributed by atoms with Crippen LogP contribution in [0, 0.1) is 0 Å². The molecule has 0 unspecified atom stereocenters. The standard InChI is InChI=1S/C17H19N3O4/c1-19-14-4-2-3-12(14)15(21)20(17(19)24)11-7-5-10(6-8-11)9-13(18)16(22)23/h5-8,13H,2-4,9,18H2,1H3,(H,22,23)/t13-/m0/s1. The van der Waals surface area contributed by atoms with E-state index in [-0.39, 0.29) is 17.7 Å². The Morgan fingerprint density at radius 3 is 2.54 bits per heavy atom. The smallest absolute Gasteiger partial charge is 0.335 e. The Hall–Kier alpha value is -2.67. The van der Waals surface area contributed by atoms with Crippen molar-refractivity contribution in [2.24, 2.45) is 12.8 Å². The van der Waals surface area contributed by atoms with Crippen LogP contribution in [-0.4, -0.2) is 26.3 Å². The Bertz CT molecular complexity index is 909. The van der Waals surface area contributed by atoms with Crippen molar-refractivity contribution in [3.63, 3.8) is 0 Å². The van der Waals surface area contributed by atoms with Gasteiger partial charge in [0, 0.05) is 18.3 Å². The second-order valence-electron chi connectivity index (χ2n) is 6.08. The number of aliphatic carboxylic acids is 1. The number of rotatable bonds is 4. The Labute approximate surface area is 138 Å². The van der Waals surface area contributed by atoms with Crippen molar-refractivity contribution < 1.29 is 9.90 Å². The first-order valence-electron chi connectivity index (χ1n) is 7.81. The molecule has 0 fully saturated rings. The van der Waals surface area contributed by atoms with Gasteiger partial charge in [-0.3, -0.25) is 9.59 Å². The van der Waals surface area contributed by atoms with E-state index in [9.17, 15) is 14.4 Å². The summed E-state index contributed by atoms with van der Waals surface area (Å²) in [6.45, 7) is 0. The topological polar surface area (TPSA) is 107 Å². The SMILES string of the molecule is Cn1c2c(c(=O)n(-c3ccc(C[C@H](N)C(=O)O)cc3)c1=O)CCC2. The molecular formula is C17H19N3O4. The zero-order valence-corrected chi connectivity index (χ0v) is 13.4. The van der Waals surface area contributed by atoms with Gasteiger partial charge in [-0.25, -0.2) is 9.36 Å². The van der Waals surface area contributed by atoms with E-state index in [2.05, 4.69) is 0 Å². The average Bonchev–Trinajstić information content (AvgIpc) is 3.04. The van der Waals surface area contributed by atoms with Gasteiger partial charge in [0.2, 0.25) is 0 Å². The fraction of sp³-hybridized carbons (Fsp3) is 0.353. The van der Waals surface area contributed by atoms with Crippen molar-refractivity contribution in [3.05, 3.63) is 61.9 Å². The van der Waals surface area contributed by atoms with Crippen LogP contribution in [0.15, 0.2) is 33.9 Å². The van der Waals surface area contributed by atoms with Gasteiger partial charge in [0.25, 0.3) is 5.56 Å². The number of nitrogens with zero attached hydrogens (tertiary/aromatic N) is 2. The molecule has 1 aromatic heterocycles. The third-order valence-corrected chi connectivity index (χ3v) is 4.50. The zero-order chi connectivity index (χ0) is 17.4. The van der Waals surface area contributed by atoms with Gasteiger partial charge in [0.1, 0.15) is 6.04 Å². The molecule has 0 aliphatic heterocycles. The van der Waals surface area contributed by atoms with Crippen LogP contribution < -0.4 is 17.0 Å². The minimum Gasteiger partial charge on any atom is -0.480 e. The van der Waals surface area contributed by atoms with Crippen molar-refractivity contribution >= 4 is 5.97 Å². The van der Waals surface area contributed by atoms with Crippen molar-refractivity contribution in [2.75, 3.05) is 0 Å². The number of nitrogens with two attached hydrogens (primary N) is 1. The van der Waals surface area contributed by atoms with E-state index in [0.717, 1.165) is 24.1 Å². The number of carboxylic acids is 1. The van der Waals surface area contributed by atoms with Crippen molar-refractivity contribution in [3.8, 4) is 5.69 Å². The molecule has 1 aliphatic rings. The van der Waals surface area contributed by atoms with E-state index in [1.165, 1.54) is 9.13 Å². The van der Waals surface area contributed by atoms with Gasteiger partial charge in [0.05, 0.1) is 5.69 Å². The quantitative estimate of drug-likeness (QED) is 0.820. The number of aromatic nitrogens is 2. The minimum atomic E-state index is -1.07. The molecule has 0 radical (unpaired) electrons. The van der Waals surface area contributed by atoms with Gasteiger partial charge in [-0.2, -0.15) is 0 Å². The molecule has 2 aromatic rings. The van der Waals surface area contributed by atoms with Crippen LogP contribution in [0.5, 0.6) is 0 Å². The van der Waals surface area contributed by atoms with Crippen LogP contribution in [0.25, 0.3) is 5.69 Å². The maximum Gasteiger partial charge on any atom is 0.335 e. The Kier molecular flexibility index (Phi) is 4.11. The highest BCUT2D eigenvalue weighted by Gasteiger charge is 2.22. The first kappa shape index (κ1) is 16.2. The fourth-order valence-electron chi connectivity index (χ4n) is 3.17. The lowest BCUT2D eigenvalue weighted by Crippen LogP contribution is -2.40. The Balaban J connectivity index is 2.02. The number of fused-ring (bicyclic) bond motifs is 1. The molecule has 1 heterocycles. The van der Waals surface area contributed by atoms with Crippen molar-refractivity contribution in [1.29, 1.82) is 0 Å². The summed E-state index contributed by atoms with van der Waals surface area (Å²) in [5, 5.41) is 8.85. The van der Waals surface area contributed by atoms with Crippen molar-refractivity contribution in [1.82, 2.24) is 9.13 Å². The van der Waals surface area contributed by atoms with Crippen LogP contribution in [0.3, 0.4) is 0 Å². The van der Waals surface area contributed by atoms with Gasteiger partial charge < -0.3 is 15.4 Å². The number of benzene rings is 1. The molecule has 0 saturated heterocycles. The molecule has 1 aliphatic carbocycles. The van der Waals surface area contributed by atoms with Gasteiger partial charge in [-0.05, 0) is 43.4 Å². The second-order valence-corrected chi connectivity index (χ2v) is 6.08. The normalized spacial score (nSPS) is 14.4. The van der Waals surface area contributed by atoms with Crippen LogP contribution >= 0.6 is 0 Å². The Morgan fingerprint density at radius 2 is 1.92 bits per heavy atom. The molecule has 1 atom stereocenters. The van der Waals surface area contributed by atoms with Gasteiger partial charge >= 0.3 is 11.7 Å². The molecule has 0 bridgehead atoms. The predicted molar refractivity (Wildman–Crippen MR) is 88.6 cm³/mol. The minimum absolute atomic E-state index is 0.187. The van der Waals surface area contributed by atoms with Gasteiger partial charge in [-0.15, -0.1) is 0 Å². The van der Waals surface area contributed by atoms with E-state index in [1.807, 2.05) is 0 Å². The van der Waals surface area contributed by atoms with Crippen molar-refractivity contribution in [2.45, 2.75) is 31.7 Å². The molecule has 7 nitrogen and oxygen atoms in total. The lowest BCUT2D eigenvalue weighted by atomic mass is 10.1. The summed E-state index contributed by atoms with van der Waals surface area (Å²) in [6.07, 6.45) is 2.51. The highest BCUT2D eigenvalue weighted by atomic mass is 16.4. The molecule has 126 valence electrons. The maximum absolute atomic E-state index is 12.6. The number of carboxylic acid groups (broad SMARTS) is 1. The summed E-state index contributed by atoms with van der Waals surface area (Å²) in [4.78, 5) is 36.0. The predicted octanol–water partition coefficient (Wildman–Crippen LogP) is -0.0207. The highest BCUT2D eigenvalue weighted by molar-refractivity contribution is 5.73. The first-order chi connectivity index (χ1) is 11.4. The zero-order valence-electron chi connectivity index (χ0n) is 13.4. The average molecular weight is 329 g/mol. The number of hydrogen-bond acceptors (Lipinski definition) is 4. The molecular weight excluding hydrogens is 310 g/mol. The Morgan fingerprint density at radius 1 is 1.25 bits per heavy atom. The lowest BCUT2D eigenvalue weighted by Gasteiger charge is -2.13. The van der Waals surface area contributed by atoms with Gasteiger partial charge in [0.15, 0.2) is 0 Å². The van der Waals surface area contributed by atoms with E-state index >= 15 is 0 Å².